The minimum atomic E-state index is -4.82. The van der Waals surface area contributed by atoms with E-state index in [-0.39, 0.29) is 25.7 Å². The Morgan fingerprint density at radius 3 is 1.75 bits per heavy atom. The number of aliphatic hydroxyl groups excluding tert-OH is 3. The molecule has 14 nitrogen and oxygen atoms in total. The number of ether oxygens (including phenoxy) is 2. The van der Waals surface area contributed by atoms with Crippen molar-refractivity contribution in [2.75, 3.05) is 19.8 Å². The number of rotatable bonds is 42. The summed E-state index contributed by atoms with van der Waals surface area (Å²) in [6.07, 6.45) is 39.0. The van der Waals surface area contributed by atoms with Gasteiger partial charge in [0.1, 0.15) is 12.6 Å². The first-order chi connectivity index (χ1) is 30.3. The molecule has 0 heterocycles. The van der Waals surface area contributed by atoms with E-state index in [4.69, 9.17) is 24.8 Å². The number of unbranched alkanes of at least 4 members (excludes halogenated alkanes) is 14. The summed E-state index contributed by atoms with van der Waals surface area (Å²) in [5, 5.41) is 39.4. The molecule has 0 aliphatic rings. The highest BCUT2D eigenvalue weighted by atomic mass is 31.2. The molecule has 0 aromatic rings. The lowest BCUT2D eigenvalue weighted by molar-refractivity contribution is -0.161. The Kier molecular flexibility index (Phi) is 39.4. The third-order valence-electron chi connectivity index (χ3n) is 9.79. The molecule has 0 spiro atoms. The van der Waals surface area contributed by atoms with Gasteiger partial charge in [-0.05, 0) is 57.8 Å². The number of hydrogen-bond donors (Lipinski definition) is 6. The molecule has 63 heavy (non-hydrogen) atoms. The van der Waals surface area contributed by atoms with Crippen molar-refractivity contribution in [1.29, 1.82) is 0 Å². The smallest absolute Gasteiger partial charge is 0.472 e. The fraction of sp³-hybridized carbons (Fsp3) is 0.688. The zero-order valence-corrected chi connectivity index (χ0v) is 39.1. The molecule has 0 aromatic carbocycles. The lowest BCUT2D eigenvalue weighted by Gasteiger charge is -2.20. The maximum Gasteiger partial charge on any atom is 0.472 e. The molecule has 0 rings (SSSR count). The highest BCUT2D eigenvalue weighted by molar-refractivity contribution is 7.47. The number of phosphoric ester groups is 1. The molecule has 1 unspecified atom stereocenters. The Morgan fingerprint density at radius 1 is 0.603 bits per heavy atom. The number of carboxylic acid groups (broad SMARTS) is 1. The maximum absolute atomic E-state index is 12.7. The van der Waals surface area contributed by atoms with Crippen molar-refractivity contribution in [2.45, 2.75) is 192 Å². The zero-order valence-electron chi connectivity index (χ0n) is 38.2. The molecule has 0 bridgehead atoms. The van der Waals surface area contributed by atoms with E-state index in [9.17, 15) is 39.2 Å². The SMILES string of the molecule is CCCCC/C=C\C/C=C\CCCCCCCCCCCC(=O)OC[C@H](COP(=O)(O)OC[C@H](N)C(=O)O)OC(=O)CCC[C@H](O)[C@@H](O)/C=C/C=C/C=C\C=C\[C@@H](O)CCCCC. The van der Waals surface area contributed by atoms with Gasteiger partial charge in [0.2, 0.25) is 0 Å². The number of nitrogens with two attached hydrogens (primary N) is 1. The summed E-state index contributed by atoms with van der Waals surface area (Å²) in [5.74, 6) is -2.77. The molecular weight excluding hydrogens is 829 g/mol. The molecule has 362 valence electrons. The van der Waals surface area contributed by atoms with Gasteiger partial charge in [0.25, 0.3) is 0 Å². The van der Waals surface area contributed by atoms with Crippen LogP contribution in [0, 0.1) is 0 Å². The predicted molar refractivity (Wildman–Crippen MR) is 249 cm³/mol. The van der Waals surface area contributed by atoms with Crippen LogP contribution in [0.1, 0.15) is 162 Å². The number of aliphatic hydroxyl groups is 3. The summed E-state index contributed by atoms with van der Waals surface area (Å²) in [5.41, 5.74) is 5.32. The van der Waals surface area contributed by atoms with E-state index in [1.807, 2.05) is 0 Å². The Hall–Kier alpha value is -3.20. The minimum Gasteiger partial charge on any atom is -0.480 e. The van der Waals surface area contributed by atoms with E-state index in [1.165, 1.54) is 57.4 Å². The molecule has 6 atom stereocenters. The van der Waals surface area contributed by atoms with Gasteiger partial charge in [-0.15, -0.1) is 0 Å². The third-order valence-corrected chi connectivity index (χ3v) is 10.7. The van der Waals surface area contributed by atoms with Gasteiger partial charge in [-0.1, -0.05) is 164 Å². The van der Waals surface area contributed by atoms with Crippen LogP contribution >= 0.6 is 7.82 Å². The van der Waals surface area contributed by atoms with Crippen LogP contribution in [0.15, 0.2) is 72.9 Å². The minimum absolute atomic E-state index is 0.0465. The largest absolute Gasteiger partial charge is 0.480 e. The van der Waals surface area contributed by atoms with Crippen LogP contribution in [0.3, 0.4) is 0 Å². The van der Waals surface area contributed by atoms with E-state index in [2.05, 4.69) is 42.7 Å². The third kappa shape index (κ3) is 40.1. The van der Waals surface area contributed by atoms with Crippen molar-refractivity contribution in [2.24, 2.45) is 5.73 Å². The number of esters is 2. The summed E-state index contributed by atoms with van der Waals surface area (Å²) < 4.78 is 32.5. The Balaban J connectivity index is 4.64. The van der Waals surface area contributed by atoms with E-state index in [1.54, 1.807) is 42.5 Å². The number of allylic oxidation sites excluding steroid dienone is 10. The highest BCUT2D eigenvalue weighted by Gasteiger charge is 2.28. The number of aliphatic carboxylic acids is 1. The molecule has 0 saturated heterocycles. The maximum atomic E-state index is 12.7. The fourth-order valence-corrected chi connectivity index (χ4v) is 6.73. The van der Waals surface area contributed by atoms with Gasteiger partial charge >= 0.3 is 25.7 Å². The second-order valence-electron chi connectivity index (χ2n) is 15.7. The lowest BCUT2D eigenvalue weighted by Crippen LogP contribution is -2.34. The monoisotopic (exact) mass is 912 g/mol. The van der Waals surface area contributed by atoms with Gasteiger partial charge < -0.3 is 40.5 Å². The molecule has 0 radical (unpaired) electrons. The van der Waals surface area contributed by atoms with Crippen LogP contribution in [-0.4, -0.2) is 93.5 Å². The first-order valence-corrected chi connectivity index (χ1v) is 24.8. The van der Waals surface area contributed by atoms with Crippen molar-refractivity contribution in [3.63, 3.8) is 0 Å². The number of carbonyl (C=O) groups is 3. The predicted octanol–water partition coefficient (Wildman–Crippen LogP) is 9.42. The van der Waals surface area contributed by atoms with Crippen LogP contribution in [0.4, 0.5) is 0 Å². The van der Waals surface area contributed by atoms with Crippen LogP contribution in [0.2, 0.25) is 0 Å². The van der Waals surface area contributed by atoms with Gasteiger partial charge in [0, 0.05) is 12.8 Å². The number of carbonyl (C=O) groups excluding carboxylic acids is 2. The molecule has 0 aliphatic carbocycles. The van der Waals surface area contributed by atoms with Gasteiger partial charge in [-0.25, -0.2) is 4.57 Å². The average molecular weight is 912 g/mol. The van der Waals surface area contributed by atoms with Crippen LogP contribution in [-0.2, 0) is 37.5 Å². The highest BCUT2D eigenvalue weighted by Crippen LogP contribution is 2.43. The quantitative estimate of drug-likeness (QED) is 0.0110. The molecule has 0 fully saturated rings. The summed E-state index contributed by atoms with van der Waals surface area (Å²) in [7, 11) is -4.82. The lowest BCUT2D eigenvalue weighted by atomic mass is 10.1. The van der Waals surface area contributed by atoms with E-state index in [0.29, 0.717) is 6.42 Å². The van der Waals surface area contributed by atoms with E-state index < -0.39 is 76.0 Å². The second-order valence-corrected chi connectivity index (χ2v) is 17.2. The fourth-order valence-electron chi connectivity index (χ4n) is 5.95. The van der Waals surface area contributed by atoms with Crippen molar-refractivity contribution in [3.05, 3.63) is 72.9 Å². The van der Waals surface area contributed by atoms with Gasteiger partial charge in [-0.3, -0.25) is 23.4 Å². The average Bonchev–Trinajstić information content (AvgIpc) is 3.25. The van der Waals surface area contributed by atoms with E-state index >= 15 is 0 Å². The van der Waals surface area contributed by atoms with Crippen molar-refractivity contribution >= 4 is 25.7 Å². The summed E-state index contributed by atoms with van der Waals surface area (Å²) in [6, 6.07) is -1.58. The molecule has 0 aliphatic heterocycles. The normalized spacial score (nSPS) is 15.8. The molecule has 15 heteroatoms. The van der Waals surface area contributed by atoms with E-state index in [0.717, 1.165) is 64.2 Å². The molecule has 7 N–H and O–H groups in total. The van der Waals surface area contributed by atoms with Crippen LogP contribution in [0.25, 0.3) is 0 Å². The molecular formula is C48H82NO13P. The van der Waals surface area contributed by atoms with Crippen molar-refractivity contribution in [3.8, 4) is 0 Å². The topological polar surface area (TPSA) is 232 Å². The standard InChI is InChI=1S/C48H82NO13P/c1-3-5-7-8-9-10-11-12-13-14-15-16-17-18-19-20-21-26-30-36-46(53)59-38-42(39-60-63(57,58)61-40-43(49)48(55)56)62-47(54)37-31-35-45(52)44(51)34-29-25-23-22-24-28-33-41(50)32-27-6-4-2/h9-10,12-13,22-25,28-29,33-34,41-45,50-52H,3-8,11,14-21,26-27,30-32,35-40,49H2,1-2H3,(H,55,56)(H,57,58)/b10-9-,13-12-,24-22-,25-23+,33-28+,34-29+/t41-,42+,43-,44-,45-/m0/s1. The zero-order chi connectivity index (χ0) is 46.8. The Morgan fingerprint density at radius 2 is 1.13 bits per heavy atom. The summed E-state index contributed by atoms with van der Waals surface area (Å²) in [6.45, 7) is 2.32. The van der Waals surface area contributed by atoms with Gasteiger partial charge in [0.15, 0.2) is 6.10 Å². The van der Waals surface area contributed by atoms with Crippen LogP contribution in [0.5, 0.6) is 0 Å². The Labute approximate surface area is 378 Å². The molecule has 0 saturated carbocycles. The number of carboxylic acids is 1. The van der Waals surface area contributed by atoms with Crippen molar-refractivity contribution in [1.82, 2.24) is 0 Å². The first-order valence-electron chi connectivity index (χ1n) is 23.3. The van der Waals surface area contributed by atoms with Crippen LogP contribution < -0.4 is 5.73 Å². The summed E-state index contributed by atoms with van der Waals surface area (Å²) in [4.78, 5) is 46.1. The number of hydrogen-bond acceptors (Lipinski definition) is 12. The molecule has 0 amide bonds. The van der Waals surface area contributed by atoms with Gasteiger partial charge in [0.05, 0.1) is 31.5 Å². The first kappa shape index (κ1) is 59.8. The van der Waals surface area contributed by atoms with Crippen molar-refractivity contribution < 1.29 is 62.8 Å². The Bertz CT molecular complexity index is 1400. The second kappa shape index (κ2) is 41.5. The summed E-state index contributed by atoms with van der Waals surface area (Å²) >= 11 is 0. The molecule has 0 aromatic heterocycles. The number of phosphoric acid groups is 1. The van der Waals surface area contributed by atoms with Gasteiger partial charge in [-0.2, -0.15) is 0 Å².